The Kier molecular flexibility index (Phi) is 5.37. The van der Waals surface area contributed by atoms with Crippen molar-refractivity contribution in [3.63, 3.8) is 0 Å². The van der Waals surface area contributed by atoms with E-state index in [0.717, 1.165) is 17.5 Å². The highest BCUT2D eigenvalue weighted by Gasteiger charge is 2.10. The van der Waals surface area contributed by atoms with Gasteiger partial charge in [0.25, 0.3) is 5.69 Å². The lowest BCUT2D eigenvalue weighted by Crippen LogP contribution is -2.29. The van der Waals surface area contributed by atoms with Gasteiger partial charge in [0, 0.05) is 25.3 Å². The number of nitro benzene ring substituents is 1. The van der Waals surface area contributed by atoms with Crippen molar-refractivity contribution in [1.29, 1.82) is 0 Å². The van der Waals surface area contributed by atoms with Crippen molar-refractivity contribution >= 4 is 49.7 Å². The number of nitrogens with zero attached hydrogens (tertiary/aromatic N) is 2. The van der Waals surface area contributed by atoms with Crippen molar-refractivity contribution < 1.29 is 10.0 Å². The predicted octanol–water partition coefficient (Wildman–Crippen LogP) is 2.26. The van der Waals surface area contributed by atoms with E-state index in [2.05, 4.69) is 15.6 Å². The number of non-ortho nitro benzene ring substituents is 1. The lowest BCUT2D eigenvalue weighted by atomic mass is 10.3. The Labute approximate surface area is 130 Å². The molecule has 7 nitrogen and oxygen atoms in total. The van der Waals surface area contributed by atoms with Gasteiger partial charge >= 0.3 is 0 Å². The lowest BCUT2D eigenvalue weighted by molar-refractivity contribution is -0.384. The number of anilines is 1. The molecule has 0 saturated carbocycles. The van der Waals surface area contributed by atoms with Gasteiger partial charge in [-0.05, 0) is 31.1 Å². The van der Waals surface area contributed by atoms with Crippen molar-refractivity contribution in [2.45, 2.75) is 12.8 Å². The Balaban J connectivity index is 1.99. The van der Waals surface area contributed by atoms with Crippen LogP contribution in [0.25, 0.3) is 10.2 Å². The van der Waals surface area contributed by atoms with Gasteiger partial charge in [0.1, 0.15) is 0 Å². The molecule has 2 aromatic rings. The van der Waals surface area contributed by atoms with Gasteiger partial charge in [0.2, 0.25) is 0 Å². The van der Waals surface area contributed by atoms with Gasteiger partial charge in [-0.15, -0.1) is 0 Å². The second kappa shape index (κ2) is 7.25. The summed E-state index contributed by atoms with van der Waals surface area (Å²) in [7, 11) is 0. The quantitative estimate of drug-likeness (QED) is 0.324. The summed E-state index contributed by atoms with van der Waals surface area (Å²) in [6.07, 6.45) is 1.55. The summed E-state index contributed by atoms with van der Waals surface area (Å²) in [5.41, 5.74) is 0.735. The number of thiazole rings is 1. The molecule has 112 valence electrons. The van der Waals surface area contributed by atoms with E-state index < -0.39 is 4.92 Å². The topological polar surface area (TPSA) is 100 Å². The number of thiocarbonyl (C=S) groups is 1. The highest BCUT2D eigenvalue weighted by Crippen LogP contribution is 2.28. The average molecular weight is 326 g/mol. The smallest absolute Gasteiger partial charge is 0.270 e. The van der Waals surface area contributed by atoms with E-state index in [9.17, 15) is 10.1 Å². The first kappa shape index (κ1) is 15.5. The predicted molar refractivity (Wildman–Crippen MR) is 86.8 cm³/mol. The van der Waals surface area contributed by atoms with Gasteiger partial charge in [0.05, 0.1) is 15.1 Å². The largest absolute Gasteiger partial charge is 0.396 e. The van der Waals surface area contributed by atoms with Gasteiger partial charge in [-0.2, -0.15) is 0 Å². The second-order valence-corrected chi connectivity index (χ2v) is 5.68. The third-order valence-corrected chi connectivity index (χ3v) is 3.85. The molecule has 0 aliphatic heterocycles. The number of fused-ring (bicyclic) bond motifs is 1. The van der Waals surface area contributed by atoms with Crippen LogP contribution < -0.4 is 10.6 Å². The number of aliphatic hydroxyl groups is 1. The fourth-order valence-corrected chi connectivity index (χ4v) is 2.83. The molecule has 0 saturated heterocycles. The van der Waals surface area contributed by atoms with E-state index >= 15 is 0 Å². The Bertz CT molecular complexity index is 659. The number of aliphatic hydroxyl groups excluding tert-OH is 1. The Morgan fingerprint density at radius 2 is 2.29 bits per heavy atom. The van der Waals surface area contributed by atoms with Crippen molar-refractivity contribution in [2.24, 2.45) is 0 Å². The van der Waals surface area contributed by atoms with Crippen LogP contribution in [0, 0.1) is 10.1 Å². The van der Waals surface area contributed by atoms with Crippen LogP contribution in [0.2, 0.25) is 0 Å². The first-order valence-electron chi connectivity index (χ1n) is 6.31. The van der Waals surface area contributed by atoms with Crippen LogP contribution in [0.1, 0.15) is 12.8 Å². The minimum atomic E-state index is -0.431. The maximum atomic E-state index is 10.7. The third kappa shape index (κ3) is 4.31. The zero-order valence-corrected chi connectivity index (χ0v) is 12.7. The van der Waals surface area contributed by atoms with E-state index in [1.54, 1.807) is 6.07 Å². The molecule has 0 aliphatic carbocycles. The van der Waals surface area contributed by atoms with Gasteiger partial charge in [-0.3, -0.25) is 10.1 Å². The minimum Gasteiger partial charge on any atom is -0.396 e. The van der Waals surface area contributed by atoms with E-state index in [4.69, 9.17) is 17.3 Å². The summed E-state index contributed by atoms with van der Waals surface area (Å²) < 4.78 is 0.731. The van der Waals surface area contributed by atoms with Crippen molar-refractivity contribution in [3.05, 3.63) is 28.3 Å². The second-order valence-electron chi connectivity index (χ2n) is 4.24. The summed E-state index contributed by atoms with van der Waals surface area (Å²) in [4.78, 5) is 14.6. The Hall–Kier alpha value is -1.84. The van der Waals surface area contributed by atoms with E-state index in [1.165, 1.54) is 23.5 Å². The molecular weight excluding hydrogens is 312 g/mol. The van der Waals surface area contributed by atoms with Crippen LogP contribution in [0.4, 0.5) is 10.8 Å². The number of hydrogen-bond acceptors (Lipinski definition) is 6. The molecule has 0 fully saturated rings. The highest BCUT2D eigenvalue weighted by atomic mass is 32.1. The number of hydrogen-bond donors (Lipinski definition) is 3. The molecule has 0 amide bonds. The number of unbranched alkanes of at least 4 members (excludes halogenated alkanes) is 1. The summed E-state index contributed by atoms with van der Waals surface area (Å²) in [6.45, 7) is 0.835. The lowest BCUT2D eigenvalue weighted by Gasteiger charge is -2.07. The molecule has 0 atom stereocenters. The molecular formula is C12H14N4O3S2. The summed E-state index contributed by atoms with van der Waals surface area (Å²) in [5, 5.41) is 26.4. The Morgan fingerprint density at radius 3 is 3.00 bits per heavy atom. The van der Waals surface area contributed by atoms with Crippen LogP contribution in [0.5, 0.6) is 0 Å². The zero-order valence-electron chi connectivity index (χ0n) is 11.0. The summed E-state index contributed by atoms with van der Waals surface area (Å²) >= 11 is 6.44. The Morgan fingerprint density at radius 1 is 1.48 bits per heavy atom. The molecule has 0 radical (unpaired) electrons. The first-order chi connectivity index (χ1) is 10.1. The maximum absolute atomic E-state index is 10.7. The van der Waals surface area contributed by atoms with Crippen LogP contribution in [0.3, 0.4) is 0 Å². The molecule has 1 heterocycles. The number of rotatable bonds is 6. The molecule has 0 bridgehead atoms. The van der Waals surface area contributed by atoms with Gasteiger partial charge in [-0.25, -0.2) is 4.98 Å². The van der Waals surface area contributed by atoms with Crippen LogP contribution in [0.15, 0.2) is 18.2 Å². The van der Waals surface area contributed by atoms with Crippen molar-refractivity contribution in [1.82, 2.24) is 10.3 Å². The fourth-order valence-electron chi connectivity index (χ4n) is 1.66. The number of aromatic nitrogens is 1. The summed E-state index contributed by atoms with van der Waals surface area (Å²) in [6, 6.07) is 4.54. The third-order valence-electron chi connectivity index (χ3n) is 2.67. The minimum absolute atomic E-state index is 0.0439. The molecule has 0 spiro atoms. The number of nitrogens with one attached hydrogen (secondary N) is 2. The van der Waals surface area contributed by atoms with E-state index in [1.807, 2.05) is 0 Å². The molecule has 9 heteroatoms. The monoisotopic (exact) mass is 326 g/mol. The molecule has 21 heavy (non-hydrogen) atoms. The van der Waals surface area contributed by atoms with Crippen molar-refractivity contribution in [3.8, 4) is 0 Å². The SMILES string of the molecule is O=[N+]([O-])c1ccc2nc(NC(=S)NCCCCO)sc2c1. The molecule has 1 aromatic carbocycles. The number of nitro groups is 1. The highest BCUT2D eigenvalue weighted by molar-refractivity contribution is 7.80. The van der Waals surface area contributed by atoms with Crippen LogP contribution in [-0.4, -0.2) is 33.3 Å². The van der Waals surface area contributed by atoms with Crippen LogP contribution >= 0.6 is 23.6 Å². The molecule has 2 rings (SSSR count). The van der Waals surface area contributed by atoms with Gasteiger partial charge in [-0.1, -0.05) is 11.3 Å². The van der Waals surface area contributed by atoms with Crippen molar-refractivity contribution in [2.75, 3.05) is 18.5 Å². The molecule has 0 aliphatic rings. The van der Waals surface area contributed by atoms with E-state index in [-0.39, 0.29) is 12.3 Å². The normalized spacial score (nSPS) is 10.5. The van der Waals surface area contributed by atoms with Crippen LogP contribution in [-0.2, 0) is 0 Å². The standard InChI is InChI=1S/C12H14N4O3S2/c17-6-2-1-5-13-11(20)15-12-14-9-4-3-8(16(18)19)7-10(9)21-12/h3-4,7,17H,1-2,5-6H2,(H2,13,14,15,20). The zero-order chi connectivity index (χ0) is 15.2. The fraction of sp³-hybridized carbons (Fsp3) is 0.333. The number of benzene rings is 1. The molecule has 0 unspecified atom stereocenters. The van der Waals surface area contributed by atoms with Gasteiger partial charge in [0.15, 0.2) is 10.2 Å². The molecule has 1 aromatic heterocycles. The van der Waals surface area contributed by atoms with Gasteiger partial charge < -0.3 is 15.7 Å². The van der Waals surface area contributed by atoms with E-state index in [0.29, 0.717) is 22.3 Å². The molecule has 3 N–H and O–H groups in total. The summed E-state index contributed by atoms with van der Waals surface area (Å²) in [5.74, 6) is 0. The average Bonchev–Trinajstić information content (AvgIpc) is 2.84. The maximum Gasteiger partial charge on any atom is 0.270 e. The first-order valence-corrected chi connectivity index (χ1v) is 7.53.